The minimum Gasteiger partial charge on any atom is -0.459 e. The van der Waals surface area contributed by atoms with Crippen LogP contribution in [0.5, 0.6) is 11.5 Å². The highest BCUT2D eigenvalue weighted by Crippen LogP contribution is 2.19. The van der Waals surface area contributed by atoms with Gasteiger partial charge in [0.1, 0.15) is 17.6 Å². The van der Waals surface area contributed by atoms with Gasteiger partial charge in [-0.15, -0.1) is 0 Å². The Bertz CT molecular complexity index is 1430. The van der Waals surface area contributed by atoms with E-state index in [2.05, 4.69) is 25.7 Å². The maximum absolute atomic E-state index is 12.7. The van der Waals surface area contributed by atoms with Gasteiger partial charge < -0.3 is 14.2 Å². The molecule has 0 fully saturated rings. The Hall–Kier alpha value is -4.37. The van der Waals surface area contributed by atoms with Crippen molar-refractivity contribution in [3.63, 3.8) is 0 Å². The van der Waals surface area contributed by atoms with Crippen molar-refractivity contribution >= 4 is 17.9 Å². The van der Waals surface area contributed by atoms with Crippen molar-refractivity contribution in [1.82, 2.24) is 0 Å². The molecule has 6 heteroatoms. The van der Waals surface area contributed by atoms with E-state index in [0.29, 0.717) is 29.0 Å². The lowest BCUT2D eigenvalue weighted by atomic mass is 10.1. The fourth-order valence-corrected chi connectivity index (χ4v) is 5.04. The molecule has 0 saturated carbocycles. The monoisotopic (exact) mass is 638 g/mol. The molecule has 0 saturated heterocycles. The normalized spacial score (nSPS) is 11.2. The zero-order valence-corrected chi connectivity index (χ0v) is 28.4. The van der Waals surface area contributed by atoms with Gasteiger partial charge in [-0.3, -0.25) is 4.79 Å². The van der Waals surface area contributed by atoms with Crippen molar-refractivity contribution < 1.29 is 28.6 Å². The summed E-state index contributed by atoms with van der Waals surface area (Å²) in [5, 5.41) is 0. The van der Waals surface area contributed by atoms with Gasteiger partial charge >= 0.3 is 17.9 Å². The predicted molar refractivity (Wildman–Crippen MR) is 187 cm³/mol. The maximum Gasteiger partial charge on any atom is 0.343 e. The van der Waals surface area contributed by atoms with E-state index in [0.717, 1.165) is 49.7 Å². The molecule has 6 nitrogen and oxygen atoms in total. The van der Waals surface area contributed by atoms with E-state index in [1.165, 1.54) is 44.9 Å². The second-order valence-corrected chi connectivity index (χ2v) is 11.9. The van der Waals surface area contributed by atoms with E-state index >= 15 is 0 Å². The number of benzene rings is 3. The Balaban J connectivity index is 1.43. The summed E-state index contributed by atoms with van der Waals surface area (Å²) in [5.41, 5.74) is 2.33. The Morgan fingerprint density at radius 3 is 1.62 bits per heavy atom. The van der Waals surface area contributed by atoms with Crippen molar-refractivity contribution in [2.24, 2.45) is 0 Å². The number of rotatable bonds is 19. The summed E-state index contributed by atoms with van der Waals surface area (Å²) < 4.78 is 16.6. The summed E-state index contributed by atoms with van der Waals surface area (Å²) in [5.74, 6) is 5.96. The van der Waals surface area contributed by atoms with Crippen LogP contribution in [-0.2, 0) is 9.53 Å². The van der Waals surface area contributed by atoms with Crippen LogP contribution in [0, 0.1) is 11.8 Å². The number of carbonyl (C=O) groups excluding carboxylic acids is 3. The van der Waals surface area contributed by atoms with Gasteiger partial charge in [0.15, 0.2) is 0 Å². The van der Waals surface area contributed by atoms with E-state index in [1.54, 1.807) is 60.7 Å². The Kier molecular flexibility index (Phi) is 16.9. The number of unbranched alkanes of at least 4 members (excludes halogenated alkanes) is 9. The third-order valence-corrected chi connectivity index (χ3v) is 7.95. The van der Waals surface area contributed by atoms with Crippen LogP contribution in [0.3, 0.4) is 0 Å². The van der Waals surface area contributed by atoms with Gasteiger partial charge in [0.05, 0.1) is 11.1 Å². The molecule has 0 bridgehead atoms. The van der Waals surface area contributed by atoms with Gasteiger partial charge in [-0.25, -0.2) is 9.59 Å². The summed E-state index contributed by atoms with van der Waals surface area (Å²) in [6.07, 6.45) is 14.7. The lowest BCUT2D eigenvalue weighted by Crippen LogP contribution is -2.17. The molecule has 3 aromatic carbocycles. The average Bonchev–Trinajstić information content (AvgIpc) is 3.09. The van der Waals surface area contributed by atoms with E-state index < -0.39 is 5.97 Å². The highest BCUT2D eigenvalue weighted by Gasteiger charge is 2.15. The minimum absolute atomic E-state index is 0.0918. The van der Waals surface area contributed by atoms with E-state index in [-0.39, 0.29) is 18.0 Å². The van der Waals surface area contributed by atoms with Crippen LogP contribution in [-0.4, -0.2) is 24.0 Å². The van der Waals surface area contributed by atoms with Crippen LogP contribution in [0.2, 0.25) is 0 Å². The predicted octanol–water partition coefficient (Wildman–Crippen LogP) is 10.3. The Morgan fingerprint density at radius 2 is 1.02 bits per heavy atom. The van der Waals surface area contributed by atoms with Crippen LogP contribution >= 0.6 is 0 Å². The van der Waals surface area contributed by atoms with Crippen molar-refractivity contribution in [3.05, 3.63) is 95.1 Å². The standard InChI is InChI=1S/C41H50O6/c1-4-7-9-11-12-13-15-17-39(42)45-37-28-22-33(23-29-37)19-18-32-20-24-34(25-21-32)41(44)47-38-30-26-35(27-31-38)40(43)46-36(6-3)16-14-10-8-5-2/h20-31,36H,4-17H2,1-3H3/t36-/m0/s1. The van der Waals surface area contributed by atoms with E-state index in [9.17, 15) is 14.4 Å². The van der Waals surface area contributed by atoms with Crippen molar-refractivity contribution in [1.29, 1.82) is 0 Å². The molecule has 250 valence electrons. The Labute approximate surface area is 281 Å². The second kappa shape index (κ2) is 21.4. The van der Waals surface area contributed by atoms with Crippen molar-refractivity contribution in [2.75, 3.05) is 0 Å². The number of carbonyl (C=O) groups is 3. The van der Waals surface area contributed by atoms with Gasteiger partial charge in [0.2, 0.25) is 0 Å². The first-order valence-corrected chi connectivity index (χ1v) is 17.4. The molecular formula is C41H50O6. The number of hydrogen-bond donors (Lipinski definition) is 0. The van der Waals surface area contributed by atoms with E-state index in [1.807, 2.05) is 19.1 Å². The van der Waals surface area contributed by atoms with Crippen molar-refractivity contribution in [2.45, 2.75) is 117 Å². The smallest absolute Gasteiger partial charge is 0.343 e. The van der Waals surface area contributed by atoms with E-state index in [4.69, 9.17) is 14.2 Å². The molecule has 0 aliphatic rings. The quantitative estimate of drug-likeness (QED) is 0.0563. The summed E-state index contributed by atoms with van der Waals surface area (Å²) in [6, 6.07) is 20.4. The van der Waals surface area contributed by atoms with Crippen molar-refractivity contribution in [3.8, 4) is 23.3 Å². The second-order valence-electron chi connectivity index (χ2n) is 11.9. The van der Waals surface area contributed by atoms with Gasteiger partial charge in [0.25, 0.3) is 0 Å². The first-order chi connectivity index (χ1) is 22.9. The summed E-state index contributed by atoms with van der Waals surface area (Å²) in [7, 11) is 0. The molecule has 0 unspecified atom stereocenters. The SMILES string of the molecule is CCCCCCCCCC(=O)Oc1ccc(C#Cc2ccc(C(=O)Oc3ccc(C(=O)O[C@@H](CC)CCCCCC)cc3)cc2)cc1. The third kappa shape index (κ3) is 14.3. The molecule has 0 N–H and O–H groups in total. The van der Waals surface area contributed by atoms with Crippen LogP contribution < -0.4 is 9.47 Å². The number of hydrogen-bond acceptors (Lipinski definition) is 6. The van der Waals surface area contributed by atoms with Gasteiger partial charge in [-0.2, -0.15) is 0 Å². The van der Waals surface area contributed by atoms with Crippen LogP contribution in [0.15, 0.2) is 72.8 Å². The van der Waals surface area contributed by atoms with Crippen LogP contribution in [0.1, 0.15) is 143 Å². The fraction of sp³-hybridized carbons (Fsp3) is 0.439. The van der Waals surface area contributed by atoms with Gasteiger partial charge in [-0.1, -0.05) is 90.4 Å². The first kappa shape index (κ1) is 37.1. The van der Waals surface area contributed by atoms with Gasteiger partial charge in [0, 0.05) is 17.5 Å². The number of ether oxygens (including phenoxy) is 3. The highest BCUT2D eigenvalue weighted by atomic mass is 16.5. The highest BCUT2D eigenvalue weighted by molar-refractivity contribution is 5.92. The zero-order valence-electron chi connectivity index (χ0n) is 28.4. The molecule has 47 heavy (non-hydrogen) atoms. The number of esters is 3. The third-order valence-electron chi connectivity index (χ3n) is 7.95. The molecule has 0 aliphatic carbocycles. The molecule has 0 aliphatic heterocycles. The van der Waals surface area contributed by atoms with Crippen LogP contribution in [0.25, 0.3) is 0 Å². The Morgan fingerprint density at radius 1 is 0.553 bits per heavy atom. The summed E-state index contributed by atoms with van der Waals surface area (Å²) >= 11 is 0. The molecular weight excluding hydrogens is 588 g/mol. The molecule has 3 aromatic rings. The average molecular weight is 639 g/mol. The zero-order chi connectivity index (χ0) is 33.7. The summed E-state index contributed by atoms with van der Waals surface area (Å²) in [6.45, 7) is 6.41. The maximum atomic E-state index is 12.7. The fourth-order valence-electron chi connectivity index (χ4n) is 5.04. The lowest BCUT2D eigenvalue weighted by Gasteiger charge is -2.16. The molecule has 0 heterocycles. The molecule has 0 amide bonds. The molecule has 0 spiro atoms. The molecule has 1 atom stereocenters. The van der Waals surface area contributed by atoms with Gasteiger partial charge in [-0.05, 0) is 98.5 Å². The van der Waals surface area contributed by atoms with Crippen LogP contribution in [0.4, 0.5) is 0 Å². The molecule has 3 rings (SSSR count). The summed E-state index contributed by atoms with van der Waals surface area (Å²) in [4.78, 5) is 37.4. The minimum atomic E-state index is -0.505. The molecule has 0 radical (unpaired) electrons. The molecule has 0 aromatic heterocycles. The largest absolute Gasteiger partial charge is 0.459 e. The lowest BCUT2D eigenvalue weighted by molar-refractivity contribution is -0.134. The topological polar surface area (TPSA) is 78.9 Å². The first-order valence-electron chi connectivity index (χ1n) is 17.4.